The standard InChI is InChI=1S/C18H22N4O2/c1-21(2)13-12-20-17(23)18(24)22(15-6-4-3-5-7-15)16-10-8-14(19)9-11-16/h3-11H,12-13,19H2,1-2H3,(H,20,23). The fraction of sp³-hybridized carbons (Fsp3) is 0.222. The molecule has 2 aromatic rings. The van der Waals surface area contributed by atoms with Crippen molar-refractivity contribution in [2.75, 3.05) is 37.8 Å². The van der Waals surface area contributed by atoms with E-state index in [0.29, 0.717) is 30.2 Å². The van der Waals surface area contributed by atoms with Gasteiger partial charge in [0.05, 0.1) is 0 Å². The van der Waals surface area contributed by atoms with E-state index >= 15 is 0 Å². The van der Waals surface area contributed by atoms with Gasteiger partial charge in [-0.3, -0.25) is 14.5 Å². The second kappa shape index (κ2) is 8.12. The summed E-state index contributed by atoms with van der Waals surface area (Å²) < 4.78 is 0. The van der Waals surface area contributed by atoms with Crippen molar-refractivity contribution in [1.82, 2.24) is 10.2 Å². The van der Waals surface area contributed by atoms with Crippen LogP contribution in [-0.4, -0.2) is 43.9 Å². The average molecular weight is 326 g/mol. The molecule has 2 rings (SSSR count). The maximum absolute atomic E-state index is 12.7. The molecule has 2 aromatic carbocycles. The number of benzene rings is 2. The third kappa shape index (κ3) is 4.57. The molecule has 0 fully saturated rings. The van der Waals surface area contributed by atoms with Gasteiger partial charge in [0.25, 0.3) is 0 Å². The van der Waals surface area contributed by atoms with E-state index in [-0.39, 0.29) is 0 Å². The highest BCUT2D eigenvalue weighted by molar-refractivity contribution is 6.42. The largest absolute Gasteiger partial charge is 0.399 e. The smallest absolute Gasteiger partial charge is 0.320 e. The number of rotatable bonds is 5. The Kier molecular flexibility index (Phi) is 5.92. The Bertz CT molecular complexity index is 684. The lowest BCUT2D eigenvalue weighted by atomic mass is 10.2. The van der Waals surface area contributed by atoms with Crippen LogP contribution < -0.4 is 16.0 Å². The van der Waals surface area contributed by atoms with E-state index < -0.39 is 11.8 Å². The van der Waals surface area contributed by atoms with Crippen LogP contribution in [-0.2, 0) is 9.59 Å². The van der Waals surface area contributed by atoms with Crippen molar-refractivity contribution in [1.29, 1.82) is 0 Å². The fourth-order valence-corrected chi connectivity index (χ4v) is 2.15. The number of hydrogen-bond acceptors (Lipinski definition) is 4. The summed E-state index contributed by atoms with van der Waals surface area (Å²) in [7, 11) is 3.80. The Labute approximate surface area is 141 Å². The second-order valence-electron chi connectivity index (χ2n) is 5.63. The lowest BCUT2D eigenvalue weighted by Gasteiger charge is -2.22. The fourth-order valence-electron chi connectivity index (χ4n) is 2.15. The van der Waals surface area contributed by atoms with Gasteiger partial charge in [-0.15, -0.1) is 0 Å². The minimum Gasteiger partial charge on any atom is -0.399 e. The molecule has 126 valence electrons. The summed E-state index contributed by atoms with van der Waals surface area (Å²) in [5.41, 5.74) is 7.51. The molecule has 0 aliphatic heterocycles. The maximum Gasteiger partial charge on any atom is 0.320 e. The summed E-state index contributed by atoms with van der Waals surface area (Å²) in [6.07, 6.45) is 0. The van der Waals surface area contributed by atoms with Crippen LogP contribution in [0.2, 0.25) is 0 Å². The van der Waals surface area contributed by atoms with E-state index in [1.54, 1.807) is 36.4 Å². The molecule has 0 aliphatic carbocycles. The molecule has 0 aromatic heterocycles. The lowest BCUT2D eigenvalue weighted by molar-refractivity contribution is -0.137. The van der Waals surface area contributed by atoms with E-state index in [0.717, 1.165) is 0 Å². The number of nitrogen functional groups attached to an aromatic ring is 1. The number of amides is 2. The monoisotopic (exact) mass is 326 g/mol. The van der Waals surface area contributed by atoms with Crippen molar-refractivity contribution in [3.63, 3.8) is 0 Å². The van der Waals surface area contributed by atoms with Gasteiger partial charge in [-0.05, 0) is 50.5 Å². The highest BCUT2D eigenvalue weighted by atomic mass is 16.2. The van der Waals surface area contributed by atoms with Crippen LogP contribution in [0.5, 0.6) is 0 Å². The molecular formula is C18H22N4O2. The molecular weight excluding hydrogens is 304 g/mol. The van der Waals surface area contributed by atoms with Crippen molar-refractivity contribution < 1.29 is 9.59 Å². The van der Waals surface area contributed by atoms with Crippen LogP contribution in [0, 0.1) is 0 Å². The third-order valence-electron chi connectivity index (χ3n) is 3.41. The molecule has 0 spiro atoms. The number of para-hydroxylation sites is 1. The van der Waals surface area contributed by atoms with E-state index in [4.69, 9.17) is 5.73 Å². The molecule has 0 saturated heterocycles. The van der Waals surface area contributed by atoms with Gasteiger partial charge in [0, 0.05) is 30.2 Å². The first-order valence-corrected chi connectivity index (χ1v) is 7.66. The molecule has 0 aliphatic rings. The molecule has 2 amide bonds. The molecule has 0 atom stereocenters. The normalized spacial score (nSPS) is 10.5. The Morgan fingerprint density at radius 1 is 0.958 bits per heavy atom. The zero-order chi connectivity index (χ0) is 17.5. The number of nitrogens with two attached hydrogens (primary N) is 1. The van der Waals surface area contributed by atoms with Crippen molar-refractivity contribution in [3.05, 3.63) is 54.6 Å². The zero-order valence-corrected chi connectivity index (χ0v) is 13.9. The van der Waals surface area contributed by atoms with Crippen LogP contribution in [0.15, 0.2) is 54.6 Å². The lowest BCUT2D eigenvalue weighted by Crippen LogP contribution is -2.42. The minimum atomic E-state index is -0.641. The van der Waals surface area contributed by atoms with Crippen LogP contribution in [0.3, 0.4) is 0 Å². The second-order valence-corrected chi connectivity index (χ2v) is 5.63. The Morgan fingerprint density at radius 3 is 2.12 bits per heavy atom. The number of hydrogen-bond donors (Lipinski definition) is 2. The number of nitrogens with zero attached hydrogens (tertiary/aromatic N) is 2. The number of carbonyl (C=O) groups excluding carboxylic acids is 2. The molecule has 0 saturated carbocycles. The van der Waals surface area contributed by atoms with Gasteiger partial charge in [0.2, 0.25) is 0 Å². The number of likely N-dealkylation sites (N-methyl/N-ethyl adjacent to an activating group) is 1. The van der Waals surface area contributed by atoms with Crippen molar-refractivity contribution in [2.24, 2.45) is 0 Å². The summed E-state index contributed by atoms with van der Waals surface area (Å²) in [4.78, 5) is 28.2. The van der Waals surface area contributed by atoms with Crippen LogP contribution in [0.25, 0.3) is 0 Å². The summed E-state index contributed by atoms with van der Waals surface area (Å²) in [5, 5.41) is 2.65. The summed E-state index contributed by atoms with van der Waals surface area (Å²) >= 11 is 0. The van der Waals surface area contributed by atoms with Gasteiger partial charge in [-0.1, -0.05) is 18.2 Å². The first-order valence-electron chi connectivity index (χ1n) is 7.66. The predicted octanol–water partition coefficient (Wildman–Crippen LogP) is 1.61. The highest BCUT2D eigenvalue weighted by Crippen LogP contribution is 2.26. The SMILES string of the molecule is CN(C)CCNC(=O)C(=O)N(c1ccccc1)c1ccc(N)cc1. The molecule has 0 heterocycles. The van der Waals surface area contributed by atoms with Crippen molar-refractivity contribution >= 4 is 28.9 Å². The Hall–Kier alpha value is -2.86. The number of carbonyl (C=O) groups is 2. The first-order chi connectivity index (χ1) is 11.5. The van der Waals surface area contributed by atoms with Crippen molar-refractivity contribution in [3.8, 4) is 0 Å². The van der Waals surface area contributed by atoms with E-state index in [1.165, 1.54) is 4.90 Å². The average Bonchev–Trinajstić information content (AvgIpc) is 2.57. The molecule has 0 bridgehead atoms. The summed E-state index contributed by atoms with van der Waals surface area (Å²) in [6, 6.07) is 15.9. The van der Waals surface area contributed by atoms with Gasteiger partial charge in [0.1, 0.15) is 0 Å². The van der Waals surface area contributed by atoms with Gasteiger partial charge >= 0.3 is 11.8 Å². The molecule has 3 N–H and O–H groups in total. The van der Waals surface area contributed by atoms with Crippen LogP contribution in [0.4, 0.5) is 17.1 Å². The van der Waals surface area contributed by atoms with Gasteiger partial charge in [-0.2, -0.15) is 0 Å². The topological polar surface area (TPSA) is 78.7 Å². The molecule has 6 nitrogen and oxygen atoms in total. The predicted molar refractivity (Wildman–Crippen MR) is 96.0 cm³/mol. The number of nitrogens with one attached hydrogen (secondary N) is 1. The number of anilines is 3. The molecule has 24 heavy (non-hydrogen) atoms. The van der Waals surface area contributed by atoms with Gasteiger partial charge in [-0.25, -0.2) is 0 Å². The van der Waals surface area contributed by atoms with E-state index in [2.05, 4.69) is 5.32 Å². The van der Waals surface area contributed by atoms with Gasteiger partial charge < -0.3 is 16.0 Å². The van der Waals surface area contributed by atoms with E-state index in [9.17, 15) is 9.59 Å². The maximum atomic E-state index is 12.7. The quantitative estimate of drug-likeness (QED) is 0.646. The highest BCUT2D eigenvalue weighted by Gasteiger charge is 2.24. The first kappa shape index (κ1) is 17.5. The third-order valence-corrected chi connectivity index (χ3v) is 3.41. The van der Waals surface area contributed by atoms with Crippen LogP contribution in [0.1, 0.15) is 0 Å². The minimum absolute atomic E-state index is 0.405. The zero-order valence-electron chi connectivity index (χ0n) is 13.9. The van der Waals surface area contributed by atoms with E-state index in [1.807, 2.05) is 37.2 Å². The molecule has 6 heteroatoms. The summed E-state index contributed by atoms with van der Waals surface area (Å²) in [6.45, 7) is 1.06. The van der Waals surface area contributed by atoms with Gasteiger partial charge in [0.15, 0.2) is 0 Å². The molecule has 0 unspecified atom stereocenters. The van der Waals surface area contributed by atoms with Crippen LogP contribution >= 0.6 is 0 Å². The van der Waals surface area contributed by atoms with Crippen molar-refractivity contribution in [2.45, 2.75) is 0 Å². The molecule has 0 radical (unpaired) electrons. The Balaban J connectivity index is 2.24. The Morgan fingerprint density at radius 2 is 1.54 bits per heavy atom. The summed E-state index contributed by atoms with van der Waals surface area (Å²) in [5.74, 6) is -1.28.